The maximum atomic E-state index is 13.5. The lowest BCUT2D eigenvalue weighted by Gasteiger charge is -2.28. The van der Waals surface area contributed by atoms with Crippen LogP contribution in [0, 0.1) is 14.8 Å². The Morgan fingerprint density at radius 1 is 1.39 bits per heavy atom. The summed E-state index contributed by atoms with van der Waals surface area (Å²) < 4.78 is 14.1. The fourth-order valence-corrected chi connectivity index (χ4v) is 3.27. The van der Waals surface area contributed by atoms with E-state index < -0.39 is 0 Å². The molecule has 1 aromatic rings. The van der Waals surface area contributed by atoms with Gasteiger partial charge < -0.3 is 11.1 Å². The van der Waals surface area contributed by atoms with E-state index in [1.54, 1.807) is 6.07 Å². The fourth-order valence-electron chi connectivity index (χ4n) is 2.78. The Morgan fingerprint density at radius 2 is 2.06 bits per heavy atom. The molecule has 1 saturated carbocycles. The van der Waals surface area contributed by atoms with E-state index in [9.17, 15) is 4.39 Å². The van der Waals surface area contributed by atoms with Gasteiger partial charge in [-0.2, -0.15) is 0 Å². The Kier molecular flexibility index (Phi) is 4.35. The number of nitrogens with one attached hydrogen (secondary N) is 1. The number of hydrogen-bond donors (Lipinski definition) is 2. The maximum absolute atomic E-state index is 13.5. The standard InChI is InChI=1S/C14H20FIN2/c1-2-14(5-3-4-6-14)9-18-13-7-10(15)11(16)8-12(13)17/h7-8,18H,2-6,9,17H2,1H3. The second kappa shape index (κ2) is 5.63. The van der Waals surface area contributed by atoms with E-state index in [4.69, 9.17) is 5.73 Å². The minimum absolute atomic E-state index is 0.204. The van der Waals surface area contributed by atoms with Gasteiger partial charge in [-0.15, -0.1) is 0 Å². The summed E-state index contributed by atoms with van der Waals surface area (Å²) in [7, 11) is 0. The van der Waals surface area contributed by atoms with Crippen LogP contribution in [0.2, 0.25) is 0 Å². The zero-order valence-electron chi connectivity index (χ0n) is 10.7. The summed E-state index contributed by atoms with van der Waals surface area (Å²) in [6.07, 6.45) is 6.33. The van der Waals surface area contributed by atoms with E-state index in [2.05, 4.69) is 12.2 Å². The summed E-state index contributed by atoms with van der Waals surface area (Å²) >= 11 is 1.96. The number of hydrogen-bond acceptors (Lipinski definition) is 2. The molecule has 0 atom stereocenters. The van der Waals surface area contributed by atoms with Gasteiger partial charge >= 0.3 is 0 Å². The maximum Gasteiger partial charge on any atom is 0.138 e. The van der Waals surface area contributed by atoms with E-state index in [-0.39, 0.29) is 5.82 Å². The molecule has 1 fully saturated rings. The van der Waals surface area contributed by atoms with Crippen LogP contribution >= 0.6 is 22.6 Å². The molecule has 1 aliphatic rings. The number of rotatable bonds is 4. The predicted octanol–water partition coefficient (Wildman–Crippen LogP) is 4.39. The fraction of sp³-hybridized carbons (Fsp3) is 0.571. The topological polar surface area (TPSA) is 38.0 Å². The molecule has 18 heavy (non-hydrogen) atoms. The summed E-state index contributed by atoms with van der Waals surface area (Å²) in [6, 6.07) is 3.20. The molecule has 0 aliphatic heterocycles. The van der Waals surface area contributed by atoms with Gasteiger partial charge in [0, 0.05) is 12.6 Å². The van der Waals surface area contributed by atoms with Gasteiger partial charge in [-0.05, 0) is 53.3 Å². The molecule has 0 saturated heterocycles. The lowest BCUT2D eigenvalue weighted by Crippen LogP contribution is -2.26. The van der Waals surface area contributed by atoms with Gasteiger partial charge in [0.25, 0.3) is 0 Å². The molecule has 3 N–H and O–H groups in total. The van der Waals surface area contributed by atoms with Crippen LogP contribution in [0.4, 0.5) is 15.8 Å². The highest BCUT2D eigenvalue weighted by atomic mass is 127. The molecule has 1 aliphatic carbocycles. The van der Waals surface area contributed by atoms with Crippen LogP contribution < -0.4 is 11.1 Å². The van der Waals surface area contributed by atoms with Crippen LogP contribution in [0.5, 0.6) is 0 Å². The first-order valence-electron chi connectivity index (χ1n) is 6.55. The molecular formula is C14H20FIN2. The molecule has 100 valence electrons. The molecule has 2 nitrogen and oxygen atoms in total. The molecule has 0 amide bonds. The van der Waals surface area contributed by atoms with E-state index in [1.165, 1.54) is 38.2 Å². The molecule has 2 rings (SSSR count). The summed E-state index contributed by atoms with van der Waals surface area (Å²) in [4.78, 5) is 0. The van der Waals surface area contributed by atoms with E-state index in [0.717, 1.165) is 12.2 Å². The van der Waals surface area contributed by atoms with Crippen LogP contribution in [0.25, 0.3) is 0 Å². The minimum atomic E-state index is -0.204. The Morgan fingerprint density at radius 3 is 2.67 bits per heavy atom. The lowest BCUT2D eigenvalue weighted by atomic mass is 9.83. The van der Waals surface area contributed by atoms with Crippen LogP contribution in [-0.4, -0.2) is 6.54 Å². The third kappa shape index (κ3) is 2.90. The number of nitrogens with two attached hydrogens (primary N) is 1. The largest absolute Gasteiger partial charge is 0.397 e. The van der Waals surface area contributed by atoms with Crippen molar-refractivity contribution in [1.29, 1.82) is 0 Å². The first-order valence-corrected chi connectivity index (χ1v) is 7.62. The Balaban J connectivity index is 2.08. The third-order valence-electron chi connectivity index (χ3n) is 4.16. The van der Waals surface area contributed by atoms with Gasteiger partial charge in [0.05, 0.1) is 14.9 Å². The number of nitrogen functional groups attached to an aromatic ring is 1. The van der Waals surface area contributed by atoms with Crippen molar-refractivity contribution >= 4 is 34.0 Å². The molecular weight excluding hydrogens is 342 g/mol. The van der Waals surface area contributed by atoms with Crippen molar-refractivity contribution in [2.24, 2.45) is 5.41 Å². The summed E-state index contributed by atoms with van der Waals surface area (Å²) in [5.74, 6) is -0.204. The molecule has 0 heterocycles. The highest BCUT2D eigenvalue weighted by Crippen LogP contribution is 2.41. The first kappa shape index (κ1) is 13.9. The van der Waals surface area contributed by atoms with E-state index in [1.807, 2.05) is 22.6 Å². The zero-order valence-corrected chi connectivity index (χ0v) is 12.9. The monoisotopic (exact) mass is 362 g/mol. The molecule has 4 heteroatoms. The van der Waals surface area contributed by atoms with Gasteiger partial charge in [-0.25, -0.2) is 4.39 Å². The van der Waals surface area contributed by atoms with E-state index in [0.29, 0.717) is 14.7 Å². The molecule has 0 unspecified atom stereocenters. The second-order valence-electron chi connectivity index (χ2n) is 5.27. The molecule has 0 aromatic heterocycles. The number of anilines is 2. The second-order valence-corrected chi connectivity index (χ2v) is 6.43. The van der Waals surface area contributed by atoms with Crippen molar-refractivity contribution < 1.29 is 4.39 Å². The van der Waals surface area contributed by atoms with Gasteiger partial charge in [-0.3, -0.25) is 0 Å². The molecule has 0 radical (unpaired) electrons. The summed E-state index contributed by atoms with van der Waals surface area (Å²) in [5, 5.41) is 3.35. The Labute approximate surface area is 122 Å². The van der Waals surface area contributed by atoms with Crippen molar-refractivity contribution in [3.8, 4) is 0 Å². The zero-order chi connectivity index (χ0) is 13.2. The third-order valence-corrected chi connectivity index (χ3v) is 4.99. The predicted molar refractivity (Wildman–Crippen MR) is 83.2 cm³/mol. The average molecular weight is 362 g/mol. The van der Waals surface area contributed by atoms with Crippen molar-refractivity contribution in [1.82, 2.24) is 0 Å². The van der Waals surface area contributed by atoms with Gasteiger partial charge in [0.15, 0.2) is 0 Å². The van der Waals surface area contributed by atoms with E-state index >= 15 is 0 Å². The normalized spacial score (nSPS) is 17.9. The lowest BCUT2D eigenvalue weighted by molar-refractivity contribution is 0.307. The first-order chi connectivity index (χ1) is 8.56. The highest BCUT2D eigenvalue weighted by Gasteiger charge is 2.31. The minimum Gasteiger partial charge on any atom is -0.397 e. The van der Waals surface area contributed by atoms with Crippen molar-refractivity contribution in [3.63, 3.8) is 0 Å². The molecule has 0 bridgehead atoms. The number of benzene rings is 1. The summed E-state index contributed by atoms with van der Waals surface area (Å²) in [5.41, 5.74) is 7.67. The smallest absolute Gasteiger partial charge is 0.138 e. The van der Waals surface area contributed by atoms with Crippen LogP contribution in [0.3, 0.4) is 0 Å². The van der Waals surface area contributed by atoms with Gasteiger partial charge in [-0.1, -0.05) is 19.8 Å². The summed E-state index contributed by atoms with van der Waals surface area (Å²) in [6.45, 7) is 3.14. The average Bonchev–Trinajstić information content (AvgIpc) is 2.82. The molecule has 0 spiro atoms. The van der Waals surface area contributed by atoms with Crippen molar-refractivity contribution in [2.75, 3.05) is 17.6 Å². The van der Waals surface area contributed by atoms with Crippen molar-refractivity contribution in [2.45, 2.75) is 39.0 Å². The Hall–Kier alpha value is -0.520. The van der Waals surface area contributed by atoms with Crippen LogP contribution in [0.15, 0.2) is 12.1 Å². The van der Waals surface area contributed by atoms with Crippen LogP contribution in [-0.2, 0) is 0 Å². The SMILES string of the molecule is CCC1(CNc2cc(F)c(I)cc2N)CCCC1. The highest BCUT2D eigenvalue weighted by molar-refractivity contribution is 14.1. The quantitative estimate of drug-likeness (QED) is 0.616. The van der Waals surface area contributed by atoms with Crippen LogP contribution in [0.1, 0.15) is 39.0 Å². The van der Waals surface area contributed by atoms with Gasteiger partial charge in [0.1, 0.15) is 5.82 Å². The number of halogens is 2. The Bertz CT molecular complexity index is 428. The molecule has 1 aromatic carbocycles. The van der Waals surface area contributed by atoms with Crippen molar-refractivity contribution in [3.05, 3.63) is 21.5 Å². The van der Waals surface area contributed by atoms with Gasteiger partial charge in [0.2, 0.25) is 0 Å².